The molecule has 2 aromatic carbocycles. The normalized spacial score (nSPS) is 18.1. The lowest BCUT2D eigenvalue weighted by Gasteiger charge is -2.35. The monoisotopic (exact) mass is 566 g/mol. The van der Waals surface area contributed by atoms with Crippen LogP contribution >= 0.6 is 11.6 Å². The first-order valence-electron chi connectivity index (χ1n) is 13.5. The number of urea groups is 1. The lowest BCUT2D eigenvalue weighted by atomic mass is 9.97. The van der Waals surface area contributed by atoms with Crippen molar-refractivity contribution in [1.29, 1.82) is 0 Å². The van der Waals surface area contributed by atoms with E-state index in [1.807, 2.05) is 6.07 Å². The molecule has 0 unspecified atom stereocenters. The second-order valence-corrected chi connectivity index (χ2v) is 10.7. The summed E-state index contributed by atoms with van der Waals surface area (Å²) < 4.78 is 20.6. The molecule has 2 N–H and O–H groups in total. The van der Waals surface area contributed by atoms with Gasteiger partial charge in [0.15, 0.2) is 5.82 Å². The van der Waals surface area contributed by atoms with Gasteiger partial charge in [0.05, 0.1) is 29.6 Å². The third kappa shape index (κ3) is 5.02. The molecule has 0 bridgehead atoms. The van der Waals surface area contributed by atoms with Gasteiger partial charge in [0.2, 0.25) is 0 Å². The van der Waals surface area contributed by atoms with Crippen molar-refractivity contribution in [2.24, 2.45) is 0 Å². The summed E-state index contributed by atoms with van der Waals surface area (Å²) in [4.78, 5) is 25.0. The molecule has 9 nitrogen and oxygen atoms in total. The Morgan fingerprint density at radius 2 is 1.65 bits per heavy atom. The fourth-order valence-corrected chi connectivity index (χ4v) is 5.84. The van der Waals surface area contributed by atoms with Gasteiger partial charge in [-0.05, 0) is 35.9 Å². The topological polar surface area (TPSA) is 84.4 Å². The summed E-state index contributed by atoms with van der Waals surface area (Å²) in [7, 11) is 1.74. The van der Waals surface area contributed by atoms with Gasteiger partial charge in [0.25, 0.3) is 0 Å². The van der Waals surface area contributed by atoms with Crippen LogP contribution in [0.2, 0.25) is 5.02 Å². The van der Waals surface area contributed by atoms with Gasteiger partial charge in [-0.2, -0.15) is 0 Å². The van der Waals surface area contributed by atoms with Crippen molar-refractivity contribution in [3.8, 4) is 28.0 Å². The van der Waals surface area contributed by atoms with E-state index in [0.29, 0.717) is 59.3 Å². The summed E-state index contributed by atoms with van der Waals surface area (Å²) in [6.45, 7) is 7.28. The Morgan fingerprint density at radius 1 is 0.925 bits per heavy atom. The van der Waals surface area contributed by atoms with Crippen LogP contribution in [0.15, 0.2) is 42.6 Å². The number of anilines is 3. The number of phenolic OH excluding ortho intramolecular Hbond substituents is 1. The number of phenols is 1. The highest BCUT2D eigenvalue weighted by molar-refractivity contribution is 6.34. The Kier molecular flexibility index (Phi) is 7.39. The molecule has 0 aliphatic carbocycles. The molecule has 210 valence electrons. The van der Waals surface area contributed by atoms with Crippen LogP contribution in [0, 0.1) is 5.82 Å². The molecule has 6 rings (SSSR count). The fourth-order valence-electron chi connectivity index (χ4n) is 5.55. The molecule has 3 aromatic rings. The number of carbonyl (C=O) groups excluding carboxylic acids is 1. The largest absolute Gasteiger partial charge is 0.507 e. The maximum Gasteiger partial charge on any atom is 0.324 e. The molecular formula is C29H32ClFN6O3. The van der Waals surface area contributed by atoms with E-state index in [1.54, 1.807) is 41.2 Å². The van der Waals surface area contributed by atoms with Crippen LogP contribution in [0.3, 0.4) is 0 Å². The molecule has 1 aromatic heterocycles. The average molecular weight is 567 g/mol. The Bertz CT molecular complexity index is 1430. The smallest absolute Gasteiger partial charge is 0.324 e. The molecule has 11 heteroatoms. The number of pyridine rings is 1. The van der Waals surface area contributed by atoms with Gasteiger partial charge >= 0.3 is 6.03 Å². The number of likely N-dealkylation sites (N-methyl/N-ethyl adjacent to an activating group) is 1. The van der Waals surface area contributed by atoms with Gasteiger partial charge in [-0.15, -0.1) is 0 Å². The highest BCUT2D eigenvalue weighted by atomic mass is 35.5. The minimum atomic E-state index is -0.486. The number of nitrogens with one attached hydrogen (secondary N) is 1. The molecule has 0 atom stereocenters. The molecule has 40 heavy (non-hydrogen) atoms. The first kappa shape index (κ1) is 26.6. The maximum absolute atomic E-state index is 15.1. The lowest BCUT2D eigenvalue weighted by Crippen LogP contribution is -2.45. The van der Waals surface area contributed by atoms with Crippen molar-refractivity contribution in [1.82, 2.24) is 15.2 Å². The molecular weight excluding hydrogens is 535 g/mol. The third-order valence-corrected chi connectivity index (χ3v) is 8.07. The van der Waals surface area contributed by atoms with Crippen molar-refractivity contribution < 1.29 is 19.0 Å². The molecule has 0 saturated carbocycles. The van der Waals surface area contributed by atoms with E-state index in [9.17, 15) is 9.90 Å². The molecule has 2 amide bonds. The second kappa shape index (κ2) is 11.1. The van der Waals surface area contributed by atoms with Crippen molar-refractivity contribution in [2.45, 2.75) is 0 Å². The van der Waals surface area contributed by atoms with Crippen LogP contribution in [0.5, 0.6) is 5.75 Å². The SMILES string of the molecule is CN1CCN(c2ccc(-c3cc(F)cc(-c4cnc(N5CCOCC5)c(N5CCNCC5)c4)c3O)cc2Cl)C1=O. The molecule has 3 aliphatic heterocycles. The highest BCUT2D eigenvalue weighted by Crippen LogP contribution is 2.43. The van der Waals surface area contributed by atoms with E-state index < -0.39 is 5.82 Å². The van der Waals surface area contributed by atoms with Crippen LogP contribution in [-0.4, -0.2) is 93.6 Å². The molecule has 3 saturated heterocycles. The highest BCUT2D eigenvalue weighted by Gasteiger charge is 2.29. The summed E-state index contributed by atoms with van der Waals surface area (Å²) in [6.07, 6.45) is 1.69. The summed E-state index contributed by atoms with van der Waals surface area (Å²) in [5.74, 6) is 0.323. The summed E-state index contributed by atoms with van der Waals surface area (Å²) in [6, 6.07) is 9.64. The Balaban J connectivity index is 1.38. The number of amides is 2. The van der Waals surface area contributed by atoms with Crippen LogP contribution in [0.4, 0.5) is 26.4 Å². The predicted octanol–water partition coefficient (Wildman–Crippen LogP) is 4.03. The van der Waals surface area contributed by atoms with Gasteiger partial charge in [0.1, 0.15) is 11.6 Å². The number of ether oxygens (including phenoxy) is 1. The zero-order valence-electron chi connectivity index (χ0n) is 22.4. The minimum Gasteiger partial charge on any atom is -0.507 e. The van der Waals surface area contributed by atoms with E-state index in [2.05, 4.69) is 15.1 Å². The Labute approximate surface area is 237 Å². The van der Waals surface area contributed by atoms with E-state index in [0.717, 1.165) is 50.8 Å². The number of piperazine rings is 1. The number of aromatic hydroxyl groups is 1. The molecule has 4 heterocycles. The maximum atomic E-state index is 15.1. The van der Waals surface area contributed by atoms with E-state index in [1.165, 1.54) is 12.1 Å². The van der Waals surface area contributed by atoms with Crippen molar-refractivity contribution in [2.75, 3.05) is 87.3 Å². The van der Waals surface area contributed by atoms with Crippen LogP contribution in [-0.2, 0) is 4.74 Å². The van der Waals surface area contributed by atoms with Gasteiger partial charge < -0.3 is 29.9 Å². The van der Waals surface area contributed by atoms with Crippen LogP contribution in [0.1, 0.15) is 0 Å². The van der Waals surface area contributed by atoms with Gasteiger partial charge in [0, 0.05) is 82.3 Å². The van der Waals surface area contributed by atoms with Crippen LogP contribution < -0.4 is 20.0 Å². The van der Waals surface area contributed by atoms with Gasteiger partial charge in [-0.25, -0.2) is 14.2 Å². The fraction of sp³-hybridized carbons (Fsp3) is 0.379. The summed E-state index contributed by atoms with van der Waals surface area (Å²) in [5, 5.41) is 15.2. The van der Waals surface area contributed by atoms with E-state index >= 15 is 4.39 Å². The number of carbonyl (C=O) groups is 1. The van der Waals surface area contributed by atoms with Crippen molar-refractivity contribution >= 4 is 34.8 Å². The number of hydrogen-bond acceptors (Lipinski definition) is 7. The summed E-state index contributed by atoms with van der Waals surface area (Å²) in [5.41, 5.74) is 3.38. The summed E-state index contributed by atoms with van der Waals surface area (Å²) >= 11 is 6.60. The number of hydrogen-bond donors (Lipinski definition) is 2. The third-order valence-electron chi connectivity index (χ3n) is 7.77. The molecule has 0 spiro atoms. The first-order valence-corrected chi connectivity index (χ1v) is 13.9. The minimum absolute atomic E-state index is 0.0608. The average Bonchev–Trinajstić information content (AvgIpc) is 3.32. The first-order chi connectivity index (χ1) is 19.4. The van der Waals surface area contributed by atoms with E-state index in [-0.39, 0.29) is 11.8 Å². The number of nitrogens with zero attached hydrogens (tertiary/aromatic N) is 5. The van der Waals surface area contributed by atoms with Crippen molar-refractivity contribution in [3.63, 3.8) is 0 Å². The van der Waals surface area contributed by atoms with Gasteiger partial charge in [-0.1, -0.05) is 17.7 Å². The Hall–Kier alpha value is -3.60. The number of rotatable bonds is 5. The Morgan fingerprint density at radius 3 is 2.33 bits per heavy atom. The number of aromatic nitrogens is 1. The lowest BCUT2D eigenvalue weighted by molar-refractivity contribution is 0.122. The zero-order valence-corrected chi connectivity index (χ0v) is 23.1. The standard InChI is InChI=1S/C29H32ClFN6O3/c1-34-8-9-37(29(34)39)25-3-2-19(14-24(25)30)22-16-21(31)17-23(27(22)38)20-15-26(35-6-4-32-5-7-35)28(33-18-20)36-10-12-40-13-11-36/h2-3,14-18,32,38H,4-13H2,1H3. The van der Waals surface area contributed by atoms with Crippen molar-refractivity contribution in [3.05, 3.63) is 53.4 Å². The quantitative estimate of drug-likeness (QED) is 0.482. The number of benzene rings is 2. The molecule has 0 radical (unpaired) electrons. The predicted molar refractivity (Wildman–Crippen MR) is 155 cm³/mol. The van der Waals surface area contributed by atoms with Gasteiger partial charge in [-0.3, -0.25) is 4.90 Å². The second-order valence-electron chi connectivity index (χ2n) is 10.3. The van der Waals surface area contributed by atoms with E-state index in [4.69, 9.17) is 21.3 Å². The molecule has 3 fully saturated rings. The zero-order chi connectivity index (χ0) is 27.8. The number of halogens is 2. The number of morpholine rings is 1. The molecule has 3 aliphatic rings. The van der Waals surface area contributed by atoms with Crippen LogP contribution in [0.25, 0.3) is 22.3 Å².